The fourth-order valence-corrected chi connectivity index (χ4v) is 5.08. The number of benzene rings is 1. The van der Waals surface area contributed by atoms with Crippen LogP contribution in [0.4, 0.5) is 10.3 Å². The molecule has 16 heteroatoms. The molecule has 2 atom stereocenters. The summed E-state index contributed by atoms with van der Waals surface area (Å²) in [7, 11) is 0. The highest BCUT2D eigenvalue weighted by molar-refractivity contribution is 6.33. The number of nitrogens with one attached hydrogen (secondary N) is 1. The number of nitriles is 1. The summed E-state index contributed by atoms with van der Waals surface area (Å²) in [5.41, 5.74) is 7.65. The van der Waals surface area contributed by atoms with Gasteiger partial charge in [0, 0.05) is 17.4 Å². The molecule has 3 N–H and O–H groups in total. The zero-order chi connectivity index (χ0) is 29.5. The van der Waals surface area contributed by atoms with Gasteiger partial charge in [-0.15, -0.1) is 0 Å². The van der Waals surface area contributed by atoms with Crippen molar-refractivity contribution in [2.24, 2.45) is 5.73 Å². The molecule has 5 aromatic rings. The molecule has 0 bridgehead atoms. The predicted molar refractivity (Wildman–Crippen MR) is 144 cm³/mol. The SMILES string of the molecule is N#Cc1coc2c(Cl)nc(NC(=O)C3CC(F)CN3C(=O)Cn3nc(C(N)=O)c4cc(-c5ccnnc5)ccc43)nc12. The number of primary amides is 1. The highest BCUT2D eigenvalue weighted by Crippen LogP contribution is 2.29. The summed E-state index contributed by atoms with van der Waals surface area (Å²) in [5.74, 6) is -2.41. The lowest BCUT2D eigenvalue weighted by Crippen LogP contribution is -2.44. The maximum absolute atomic E-state index is 14.6. The molecule has 5 heterocycles. The minimum atomic E-state index is -1.47. The van der Waals surface area contributed by atoms with E-state index in [0.717, 1.165) is 22.3 Å². The molecular formula is C26H18ClFN10O4. The minimum Gasteiger partial charge on any atom is -0.458 e. The van der Waals surface area contributed by atoms with E-state index in [9.17, 15) is 24.0 Å². The van der Waals surface area contributed by atoms with E-state index in [-0.39, 0.29) is 46.4 Å². The van der Waals surface area contributed by atoms with Crippen molar-refractivity contribution in [1.29, 1.82) is 5.26 Å². The first kappa shape index (κ1) is 26.7. The second-order valence-corrected chi connectivity index (χ2v) is 9.75. The number of furan rings is 1. The number of nitrogens with zero attached hydrogens (tertiary/aromatic N) is 8. The normalized spacial score (nSPS) is 16.5. The zero-order valence-corrected chi connectivity index (χ0v) is 22.1. The molecule has 1 aliphatic rings. The number of carbonyl (C=O) groups is 3. The number of halogens is 2. The molecule has 1 saturated heterocycles. The molecule has 210 valence electrons. The average molecular weight is 589 g/mol. The van der Waals surface area contributed by atoms with Gasteiger partial charge in [0.25, 0.3) is 5.91 Å². The maximum Gasteiger partial charge on any atom is 0.269 e. The van der Waals surface area contributed by atoms with Gasteiger partial charge in [0.15, 0.2) is 16.4 Å². The number of hydrogen-bond acceptors (Lipinski definition) is 10. The number of hydrogen-bond donors (Lipinski definition) is 2. The molecule has 1 aliphatic heterocycles. The Kier molecular flexibility index (Phi) is 6.67. The second-order valence-electron chi connectivity index (χ2n) is 9.39. The van der Waals surface area contributed by atoms with Crippen LogP contribution in [0, 0.1) is 11.3 Å². The third kappa shape index (κ3) is 4.73. The van der Waals surface area contributed by atoms with Crippen LogP contribution in [-0.4, -0.2) is 71.3 Å². The van der Waals surface area contributed by atoms with Crippen molar-refractivity contribution in [2.75, 3.05) is 11.9 Å². The number of carbonyl (C=O) groups excluding carboxylic acids is 3. The van der Waals surface area contributed by atoms with E-state index in [1.807, 2.05) is 6.07 Å². The standard InChI is InChI=1S/C26H18ClFN10O4/c27-23-22-20(14(7-29)11-42-22)33-26(34-23)35-25(41)18-6-15(28)9-37(18)19(39)10-38-17-2-1-12(13-3-4-31-32-8-13)5-16(17)21(36-38)24(30)40/h1-5,8,11,15,18H,6,9-10H2,(H2,30,40)(H,33,34,35,41). The molecule has 0 spiro atoms. The van der Waals surface area contributed by atoms with Crippen LogP contribution in [0.5, 0.6) is 0 Å². The lowest BCUT2D eigenvalue weighted by molar-refractivity contribution is -0.137. The lowest BCUT2D eigenvalue weighted by Gasteiger charge is -2.23. The summed E-state index contributed by atoms with van der Waals surface area (Å²) < 4.78 is 21.0. The highest BCUT2D eigenvalue weighted by Gasteiger charge is 2.40. The van der Waals surface area contributed by atoms with Crippen molar-refractivity contribution in [2.45, 2.75) is 25.2 Å². The van der Waals surface area contributed by atoms with Crippen molar-refractivity contribution in [3.63, 3.8) is 0 Å². The Labute approximate surface area is 239 Å². The van der Waals surface area contributed by atoms with Gasteiger partial charge in [-0.05, 0) is 23.8 Å². The monoisotopic (exact) mass is 588 g/mol. The van der Waals surface area contributed by atoms with Crippen molar-refractivity contribution in [1.82, 2.24) is 34.8 Å². The van der Waals surface area contributed by atoms with Gasteiger partial charge in [-0.1, -0.05) is 17.7 Å². The van der Waals surface area contributed by atoms with Crippen LogP contribution in [0.2, 0.25) is 5.15 Å². The topological polar surface area (TPSA) is 199 Å². The number of alkyl halides is 1. The molecule has 42 heavy (non-hydrogen) atoms. The Morgan fingerprint density at radius 3 is 2.79 bits per heavy atom. The van der Waals surface area contributed by atoms with E-state index < -0.39 is 36.5 Å². The van der Waals surface area contributed by atoms with Crippen LogP contribution < -0.4 is 11.1 Å². The predicted octanol–water partition coefficient (Wildman–Crippen LogP) is 2.23. The Morgan fingerprint density at radius 2 is 2.05 bits per heavy atom. The molecule has 0 aliphatic carbocycles. The fourth-order valence-electron chi connectivity index (χ4n) is 4.86. The van der Waals surface area contributed by atoms with Crippen molar-refractivity contribution in [3.05, 3.63) is 59.3 Å². The third-order valence-corrected chi connectivity index (χ3v) is 7.05. The van der Waals surface area contributed by atoms with Crippen molar-refractivity contribution >= 4 is 57.3 Å². The van der Waals surface area contributed by atoms with Gasteiger partial charge in [-0.2, -0.15) is 25.5 Å². The Hall–Kier alpha value is -5.49. The first-order valence-electron chi connectivity index (χ1n) is 12.4. The molecule has 4 aromatic heterocycles. The van der Waals surface area contributed by atoms with E-state index in [0.29, 0.717) is 10.9 Å². The Morgan fingerprint density at radius 1 is 1.21 bits per heavy atom. The summed E-state index contributed by atoms with van der Waals surface area (Å²) >= 11 is 6.11. The van der Waals surface area contributed by atoms with Crippen LogP contribution >= 0.6 is 11.6 Å². The second kappa shape index (κ2) is 10.5. The zero-order valence-electron chi connectivity index (χ0n) is 21.4. The number of fused-ring (bicyclic) bond motifs is 2. The number of aromatic nitrogens is 6. The van der Waals surface area contributed by atoms with Gasteiger partial charge >= 0.3 is 0 Å². The van der Waals surface area contributed by atoms with Crippen LogP contribution in [0.3, 0.4) is 0 Å². The summed E-state index contributed by atoms with van der Waals surface area (Å²) in [5, 5.41) is 23.8. The Bertz CT molecular complexity index is 1940. The largest absolute Gasteiger partial charge is 0.458 e. The van der Waals surface area contributed by atoms with Crippen molar-refractivity contribution < 1.29 is 23.2 Å². The summed E-state index contributed by atoms with van der Waals surface area (Å²) in [4.78, 5) is 47.9. The molecule has 6 rings (SSSR count). The minimum absolute atomic E-state index is 0.0545. The van der Waals surface area contributed by atoms with Crippen LogP contribution in [0.1, 0.15) is 22.5 Å². The number of nitrogens with two attached hydrogens (primary N) is 1. The average Bonchev–Trinajstić information content (AvgIpc) is 3.68. The van der Waals surface area contributed by atoms with Gasteiger partial charge in [0.1, 0.15) is 42.2 Å². The van der Waals surface area contributed by atoms with Gasteiger partial charge in [-0.3, -0.25) is 24.4 Å². The van der Waals surface area contributed by atoms with E-state index in [4.69, 9.17) is 21.8 Å². The number of likely N-dealkylation sites (tertiary alicyclic amines) is 1. The number of amides is 3. The molecular weight excluding hydrogens is 571 g/mol. The smallest absolute Gasteiger partial charge is 0.269 e. The summed E-state index contributed by atoms with van der Waals surface area (Å²) in [6.07, 6.45) is 2.50. The molecule has 1 aromatic carbocycles. The van der Waals surface area contributed by atoms with Crippen LogP contribution in [-0.2, 0) is 16.1 Å². The van der Waals surface area contributed by atoms with E-state index >= 15 is 0 Å². The molecule has 3 amide bonds. The van der Waals surface area contributed by atoms with Crippen molar-refractivity contribution in [3.8, 4) is 17.2 Å². The molecule has 1 fully saturated rings. The molecule has 0 saturated carbocycles. The molecule has 14 nitrogen and oxygen atoms in total. The summed E-state index contributed by atoms with van der Waals surface area (Å²) in [6.45, 7) is -0.732. The maximum atomic E-state index is 14.6. The van der Waals surface area contributed by atoms with Crippen LogP contribution in [0.15, 0.2) is 47.3 Å². The Balaban J connectivity index is 1.26. The lowest BCUT2D eigenvalue weighted by atomic mass is 10.0. The quantitative estimate of drug-likeness (QED) is 0.277. The first-order chi connectivity index (χ1) is 20.2. The number of anilines is 1. The molecule has 2 unspecified atom stereocenters. The molecule has 0 radical (unpaired) electrons. The van der Waals surface area contributed by atoms with Gasteiger partial charge < -0.3 is 15.1 Å². The van der Waals surface area contributed by atoms with E-state index in [1.54, 1.807) is 30.5 Å². The number of rotatable bonds is 6. The summed E-state index contributed by atoms with van der Waals surface area (Å²) in [6, 6.07) is 7.57. The van der Waals surface area contributed by atoms with E-state index in [2.05, 4.69) is 30.6 Å². The van der Waals surface area contributed by atoms with Gasteiger partial charge in [0.2, 0.25) is 17.8 Å². The third-order valence-electron chi connectivity index (χ3n) is 6.79. The van der Waals surface area contributed by atoms with Gasteiger partial charge in [0.05, 0.1) is 24.5 Å². The van der Waals surface area contributed by atoms with Crippen LogP contribution in [0.25, 0.3) is 33.1 Å². The fraction of sp³-hybridized carbons (Fsp3) is 0.192. The highest BCUT2D eigenvalue weighted by atomic mass is 35.5. The first-order valence-corrected chi connectivity index (χ1v) is 12.8. The van der Waals surface area contributed by atoms with Gasteiger partial charge in [-0.25, -0.2) is 9.37 Å². The van der Waals surface area contributed by atoms with E-state index in [1.165, 1.54) is 10.9 Å².